The largest absolute Gasteiger partial charge is 0.497 e. The van der Waals surface area contributed by atoms with Gasteiger partial charge >= 0.3 is 0 Å². The summed E-state index contributed by atoms with van der Waals surface area (Å²) in [4.78, 5) is 55.0. The highest BCUT2D eigenvalue weighted by molar-refractivity contribution is 5.98. The zero-order chi connectivity index (χ0) is 29.9. The first-order valence-electron chi connectivity index (χ1n) is 15.1. The predicted octanol–water partition coefficient (Wildman–Crippen LogP) is 0.838. The van der Waals surface area contributed by atoms with Gasteiger partial charge in [-0.15, -0.1) is 0 Å². The number of benzene rings is 1. The summed E-state index contributed by atoms with van der Waals surface area (Å²) < 4.78 is 16.0. The molecule has 0 aromatic heterocycles. The van der Waals surface area contributed by atoms with Crippen LogP contribution in [0.1, 0.15) is 45.1 Å². The monoisotopic (exact) mass is 584 g/mol. The fourth-order valence-corrected chi connectivity index (χ4v) is 6.31. The number of rotatable bonds is 14. The van der Waals surface area contributed by atoms with Gasteiger partial charge in [0, 0.05) is 19.5 Å². The van der Waals surface area contributed by atoms with Crippen molar-refractivity contribution in [3.63, 3.8) is 0 Å². The van der Waals surface area contributed by atoms with Crippen LogP contribution in [0.4, 0.5) is 0 Å². The van der Waals surface area contributed by atoms with E-state index in [0.29, 0.717) is 51.0 Å². The van der Waals surface area contributed by atoms with Gasteiger partial charge in [-0.05, 0) is 75.0 Å². The Kier molecular flexibility index (Phi) is 9.49. The molecule has 3 amide bonds. The molecule has 7 atom stereocenters. The summed E-state index contributed by atoms with van der Waals surface area (Å²) in [6.07, 6.45) is 4.25. The third-order valence-electron chi connectivity index (χ3n) is 9.12. The minimum Gasteiger partial charge on any atom is -0.497 e. The molecule has 3 N–H and O–H groups in total. The van der Waals surface area contributed by atoms with Gasteiger partial charge in [0.05, 0.1) is 39.5 Å². The van der Waals surface area contributed by atoms with Gasteiger partial charge in [-0.25, -0.2) is 0 Å². The highest BCUT2D eigenvalue weighted by atomic mass is 16.6. The number of hydrogen-bond donors (Lipinski definition) is 3. The minimum absolute atomic E-state index is 0.116. The zero-order valence-corrected chi connectivity index (χ0v) is 24.9. The smallest absolute Gasteiger partial charge is 0.243 e. The highest BCUT2D eigenvalue weighted by Gasteiger charge is 2.52. The molecule has 2 unspecified atom stereocenters. The molecular formula is C31H44N4O7. The molecular weight excluding hydrogens is 540 g/mol. The maximum atomic E-state index is 13.8. The molecule has 2 heterocycles. The lowest BCUT2D eigenvalue weighted by Crippen LogP contribution is -2.57. The van der Waals surface area contributed by atoms with Gasteiger partial charge in [0.15, 0.2) is 5.78 Å². The van der Waals surface area contributed by atoms with Crippen molar-refractivity contribution in [1.82, 2.24) is 20.9 Å². The summed E-state index contributed by atoms with van der Waals surface area (Å²) in [5.41, 5.74) is -0.0514. The quantitative estimate of drug-likeness (QED) is 0.274. The molecule has 230 valence electrons. The third-order valence-corrected chi connectivity index (χ3v) is 9.12. The lowest BCUT2D eigenvalue weighted by Gasteiger charge is -2.28. The number of methoxy groups -OCH3 is 1. The van der Waals surface area contributed by atoms with Gasteiger partial charge in [-0.3, -0.25) is 24.1 Å². The minimum atomic E-state index is -0.954. The van der Waals surface area contributed by atoms with Crippen LogP contribution in [0, 0.1) is 17.8 Å². The number of nitrogens with one attached hydrogen (secondary N) is 3. The molecule has 0 radical (unpaired) electrons. The van der Waals surface area contributed by atoms with E-state index in [9.17, 15) is 19.2 Å². The van der Waals surface area contributed by atoms with E-state index in [1.807, 2.05) is 17.0 Å². The summed E-state index contributed by atoms with van der Waals surface area (Å²) >= 11 is 0. The van der Waals surface area contributed by atoms with Gasteiger partial charge in [-0.2, -0.15) is 0 Å². The molecule has 1 aromatic carbocycles. The average molecular weight is 585 g/mol. The number of amides is 3. The standard InChI is InChI=1S/C31H44N4O7/c1-19(32-27(36)17-35-8-10-41-11-9-35)29(38)34-26(14-20-4-6-24(40-3)7-5-20)30(39)33-25(28(37)31(2)18-42-31)15-21-12-22-16-23(22)13-21/h4-7,19,21-23,25-26H,8-18H2,1-3H3,(H,32,36)(H,33,39)(H,34,38)/t19-,21?,22+,23?,25-,26-,31+/m0/s1. The lowest BCUT2D eigenvalue weighted by molar-refractivity contribution is -0.134. The maximum absolute atomic E-state index is 13.8. The lowest BCUT2D eigenvalue weighted by atomic mass is 9.89. The maximum Gasteiger partial charge on any atom is 0.243 e. The Bertz CT molecular complexity index is 1140. The molecule has 5 rings (SSSR count). The predicted molar refractivity (Wildman–Crippen MR) is 154 cm³/mol. The van der Waals surface area contributed by atoms with Crippen molar-refractivity contribution in [3.05, 3.63) is 29.8 Å². The first-order chi connectivity index (χ1) is 20.1. The Morgan fingerprint density at radius 2 is 1.62 bits per heavy atom. The van der Waals surface area contributed by atoms with Gasteiger partial charge in [-0.1, -0.05) is 12.1 Å². The summed E-state index contributed by atoms with van der Waals surface area (Å²) in [6, 6.07) is 4.77. The summed E-state index contributed by atoms with van der Waals surface area (Å²) in [6.45, 7) is 6.33. The number of epoxide rings is 1. The van der Waals surface area contributed by atoms with E-state index in [-0.39, 0.29) is 24.7 Å². The highest BCUT2D eigenvalue weighted by Crippen LogP contribution is 2.55. The number of ether oxygens (including phenoxy) is 3. The van der Waals surface area contributed by atoms with Crippen LogP contribution in [0.25, 0.3) is 0 Å². The summed E-state index contributed by atoms with van der Waals surface area (Å²) in [5, 5.41) is 8.57. The molecule has 2 saturated heterocycles. The second-order valence-electron chi connectivity index (χ2n) is 12.6. The van der Waals surface area contributed by atoms with E-state index in [2.05, 4.69) is 16.0 Å². The molecule has 2 aliphatic carbocycles. The molecule has 1 aromatic rings. The van der Waals surface area contributed by atoms with Gasteiger partial charge in [0.25, 0.3) is 0 Å². The molecule has 0 bridgehead atoms. The SMILES string of the molecule is COc1ccc(C[C@H](NC(=O)[C@H](C)NC(=O)CN2CCOCC2)C(=O)N[C@@H](CC2CC3C[C@H]3C2)C(=O)[C@@]2(C)CO2)cc1. The number of carbonyl (C=O) groups excluding carboxylic acids is 4. The fraction of sp³-hybridized carbons (Fsp3) is 0.677. The fourth-order valence-electron chi connectivity index (χ4n) is 6.31. The topological polar surface area (TPSA) is 139 Å². The van der Waals surface area contributed by atoms with Crippen LogP contribution in [0.15, 0.2) is 24.3 Å². The van der Waals surface area contributed by atoms with Crippen LogP contribution in [0.2, 0.25) is 0 Å². The van der Waals surface area contributed by atoms with Gasteiger partial charge < -0.3 is 30.2 Å². The van der Waals surface area contributed by atoms with E-state index < -0.39 is 35.5 Å². The molecule has 11 heteroatoms. The van der Waals surface area contributed by atoms with Crippen LogP contribution in [-0.2, 0) is 35.1 Å². The molecule has 2 aliphatic heterocycles. The average Bonchev–Trinajstić information content (AvgIpc) is 3.88. The van der Waals surface area contributed by atoms with E-state index in [1.54, 1.807) is 33.1 Å². The van der Waals surface area contributed by atoms with Crippen molar-refractivity contribution in [2.75, 3.05) is 46.6 Å². The van der Waals surface area contributed by atoms with Crippen LogP contribution in [0.5, 0.6) is 5.75 Å². The summed E-state index contributed by atoms with van der Waals surface area (Å²) in [7, 11) is 1.58. The molecule has 4 aliphatic rings. The Morgan fingerprint density at radius 1 is 0.976 bits per heavy atom. The number of Topliss-reactive ketones (excluding diaryl/α,β-unsaturated/α-hetero) is 1. The van der Waals surface area contributed by atoms with E-state index in [0.717, 1.165) is 30.2 Å². The Labute approximate surface area is 247 Å². The van der Waals surface area contributed by atoms with Crippen molar-refractivity contribution in [2.45, 2.75) is 69.7 Å². The van der Waals surface area contributed by atoms with Crippen LogP contribution < -0.4 is 20.7 Å². The number of hydrogen-bond acceptors (Lipinski definition) is 8. The van der Waals surface area contributed by atoms with Crippen molar-refractivity contribution in [1.29, 1.82) is 0 Å². The van der Waals surface area contributed by atoms with Crippen molar-refractivity contribution < 1.29 is 33.4 Å². The van der Waals surface area contributed by atoms with Crippen molar-refractivity contribution >= 4 is 23.5 Å². The molecule has 4 fully saturated rings. The first kappa shape index (κ1) is 30.4. The van der Waals surface area contributed by atoms with E-state index >= 15 is 0 Å². The van der Waals surface area contributed by atoms with Crippen LogP contribution in [0.3, 0.4) is 0 Å². The van der Waals surface area contributed by atoms with Crippen LogP contribution in [-0.4, -0.2) is 98.7 Å². The number of morpholine rings is 1. The van der Waals surface area contributed by atoms with Crippen molar-refractivity contribution in [2.24, 2.45) is 17.8 Å². The second-order valence-corrected chi connectivity index (χ2v) is 12.6. The molecule has 11 nitrogen and oxygen atoms in total. The Balaban J connectivity index is 1.25. The second kappa shape index (κ2) is 13.1. The molecule has 42 heavy (non-hydrogen) atoms. The van der Waals surface area contributed by atoms with E-state index in [1.165, 1.54) is 6.42 Å². The van der Waals surface area contributed by atoms with E-state index in [4.69, 9.17) is 14.2 Å². The number of carbonyl (C=O) groups is 4. The number of nitrogens with zero attached hydrogens (tertiary/aromatic N) is 1. The van der Waals surface area contributed by atoms with Crippen LogP contribution >= 0.6 is 0 Å². The van der Waals surface area contributed by atoms with Gasteiger partial charge in [0.2, 0.25) is 17.7 Å². The Morgan fingerprint density at radius 3 is 2.24 bits per heavy atom. The molecule has 0 spiro atoms. The third kappa shape index (κ3) is 7.87. The normalized spacial score (nSPS) is 28.5. The van der Waals surface area contributed by atoms with Gasteiger partial charge in [0.1, 0.15) is 23.4 Å². The van der Waals surface area contributed by atoms with Crippen molar-refractivity contribution in [3.8, 4) is 5.75 Å². The Hall–Kier alpha value is -3.02. The zero-order valence-electron chi connectivity index (χ0n) is 24.9. The summed E-state index contributed by atoms with van der Waals surface area (Å²) in [5.74, 6) is 1.29. The number of ketones is 1. The first-order valence-corrected chi connectivity index (χ1v) is 15.1. The molecule has 2 saturated carbocycles. The number of fused-ring (bicyclic) bond motifs is 1.